The monoisotopic (exact) mass is 590 g/mol. The number of carbonyl (C=O) groups is 6. The molecule has 4 amide bonds. The number of benzene rings is 4. The molecule has 10 heteroatoms. The molecule has 2 atom stereocenters. The van der Waals surface area contributed by atoms with Gasteiger partial charge in [0.15, 0.2) is 0 Å². The minimum atomic E-state index is -1.25. The molecule has 0 aliphatic carbocycles. The van der Waals surface area contributed by atoms with Gasteiger partial charge in [0.05, 0.1) is 14.2 Å². The van der Waals surface area contributed by atoms with Crippen molar-refractivity contribution in [1.82, 2.24) is 9.80 Å². The highest BCUT2D eigenvalue weighted by molar-refractivity contribution is 6.34. The van der Waals surface area contributed by atoms with Crippen LogP contribution in [0.15, 0.2) is 84.9 Å². The number of nitrogens with zero attached hydrogens (tertiary/aromatic N) is 2. The van der Waals surface area contributed by atoms with Crippen molar-refractivity contribution < 1.29 is 38.2 Å². The van der Waals surface area contributed by atoms with Gasteiger partial charge in [-0.25, -0.2) is 9.59 Å². The lowest BCUT2D eigenvalue weighted by molar-refractivity contribution is -0.146. The molecule has 0 aromatic heterocycles. The van der Waals surface area contributed by atoms with E-state index in [0.717, 1.165) is 9.80 Å². The summed E-state index contributed by atoms with van der Waals surface area (Å²) in [5, 5.41) is 0.294. The summed E-state index contributed by atoms with van der Waals surface area (Å²) in [7, 11) is 2.36. The van der Waals surface area contributed by atoms with Crippen molar-refractivity contribution in [2.45, 2.75) is 24.9 Å². The standard InChI is InChI=1S/C34H26N2O8/c1-43-33(41)25(17-19-9-5-3-6-10-19)35-29(37)21-13-15-23-28-24(16-14-22(27(21)28)30(35)38)32(40)36(31(23)39)26(34(42)44-2)18-20-11-7-4-8-12-20/h3-16,25-26H,17-18H2,1-2H3/t25-,26-/m0/s1. The van der Waals surface area contributed by atoms with Gasteiger partial charge in [-0.2, -0.15) is 0 Å². The fourth-order valence-electron chi connectivity index (χ4n) is 5.98. The number of esters is 2. The average molecular weight is 591 g/mol. The highest BCUT2D eigenvalue weighted by Crippen LogP contribution is 2.39. The Hall–Kier alpha value is -5.64. The molecule has 4 aromatic rings. The molecule has 10 nitrogen and oxygen atoms in total. The molecule has 4 aromatic carbocycles. The number of hydrogen-bond donors (Lipinski definition) is 0. The van der Waals surface area contributed by atoms with Gasteiger partial charge in [-0.15, -0.1) is 0 Å². The number of ether oxygens (including phenoxy) is 2. The highest BCUT2D eigenvalue weighted by Gasteiger charge is 2.46. The van der Waals surface area contributed by atoms with Crippen LogP contribution >= 0.6 is 0 Å². The molecule has 2 aliphatic rings. The number of rotatable bonds is 8. The van der Waals surface area contributed by atoms with Crippen molar-refractivity contribution in [3.8, 4) is 0 Å². The molecule has 44 heavy (non-hydrogen) atoms. The molecule has 2 aliphatic heterocycles. The van der Waals surface area contributed by atoms with Crippen LogP contribution < -0.4 is 0 Å². The largest absolute Gasteiger partial charge is 0.467 e. The third-order valence-electron chi connectivity index (χ3n) is 8.07. The van der Waals surface area contributed by atoms with Gasteiger partial charge in [0, 0.05) is 45.9 Å². The smallest absolute Gasteiger partial charge is 0.329 e. The second-order valence-electron chi connectivity index (χ2n) is 10.5. The SMILES string of the molecule is COC(=O)[C@H](Cc1ccccc1)N1C(=O)c2ccc3c4c(ccc(c24)C1=O)C(=O)N([C@@H](Cc1ccccc1)C(=O)OC)C3=O. The minimum absolute atomic E-state index is 0.0297. The van der Waals surface area contributed by atoms with E-state index in [-0.39, 0.29) is 45.9 Å². The summed E-state index contributed by atoms with van der Waals surface area (Å²) in [6.07, 6.45) is 0.0593. The van der Waals surface area contributed by atoms with Crippen LogP contribution in [0.3, 0.4) is 0 Å². The van der Waals surface area contributed by atoms with E-state index in [4.69, 9.17) is 9.47 Å². The predicted molar refractivity (Wildman–Crippen MR) is 157 cm³/mol. The first-order valence-electron chi connectivity index (χ1n) is 13.9. The van der Waals surface area contributed by atoms with Crippen LogP contribution in [-0.2, 0) is 31.9 Å². The molecule has 2 heterocycles. The molecule has 0 unspecified atom stereocenters. The van der Waals surface area contributed by atoms with Gasteiger partial charge in [0.1, 0.15) is 12.1 Å². The molecule has 0 saturated carbocycles. The number of imide groups is 2. The van der Waals surface area contributed by atoms with Gasteiger partial charge in [0.2, 0.25) is 0 Å². The maximum Gasteiger partial charge on any atom is 0.329 e. The zero-order valence-electron chi connectivity index (χ0n) is 23.8. The van der Waals surface area contributed by atoms with Gasteiger partial charge >= 0.3 is 11.9 Å². The van der Waals surface area contributed by atoms with E-state index >= 15 is 0 Å². The van der Waals surface area contributed by atoms with E-state index in [1.807, 2.05) is 12.1 Å². The van der Waals surface area contributed by atoms with Crippen molar-refractivity contribution in [3.05, 3.63) is 118 Å². The molecular weight excluding hydrogens is 564 g/mol. The average Bonchev–Trinajstić information content (AvgIpc) is 3.05. The Morgan fingerprint density at radius 2 is 0.818 bits per heavy atom. The molecule has 0 radical (unpaired) electrons. The van der Waals surface area contributed by atoms with Crippen LogP contribution in [0.1, 0.15) is 52.6 Å². The van der Waals surface area contributed by atoms with Crippen LogP contribution in [-0.4, -0.2) is 71.7 Å². The summed E-state index contributed by atoms with van der Waals surface area (Å²) in [6.45, 7) is 0. The second kappa shape index (κ2) is 11.2. The predicted octanol–water partition coefficient (Wildman–Crippen LogP) is 3.60. The topological polar surface area (TPSA) is 127 Å². The van der Waals surface area contributed by atoms with Crippen LogP contribution in [0, 0.1) is 0 Å². The van der Waals surface area contributed by atoms with Crippen molar-refractivity contribution in [2.24, 2.45) is 0 Å². The lowest BCUT2D eigenvalue weighted by Crippen LogP contribution is -2.53. The Balaban J connectivity index is 1.44. The lowest BCUT2D eigenvalue weighted by atomic mass is 9.84. The quantitative estimate of drug-likeness (QED) is 0.225. The van der Waals surface area contributed by atoms with Gasteiger partial charge in [0.25, 0.3) is 23.6 Å². The van der Waals surface area contributed by atoms with E-state index < -0.39 is 47.7 Å². The first-order valence-corrected chi connectivity index (χ1v) is 13.9. The van der Waals surface area contributed by atoms with E-state index in [0.29, 0.717) is 11.1 Å². The maximum absolute atomic E-state index is 13.9. The Labute approximate surface area is 251 Å². The summed E-state index contributed by atoms with van der Waals surface area (Å²) in [5.41, 5.74) is 1.67. The first-order chi connectivity index (χ1) is 21.3. The summed E-state index contributed by atoms with van der Waals surface area (Å²) < 4.78 is 9.95. The van der Waals surface area contributed by atoms with Crippen molar-refractivity contribution in [1.29, 1.82) is 0 Å². The third-order valence-corrected chi connectivity index (χ3v) is 8.07. The first kappa shape index (κ1) is 28.5. The molecule has 6 rings (SSSR count). The Morgan fingerprint density at radius 1 is 0.523 bits per heavy atom. The molecular formula is C34H26N2O8. The summed E-state index contributed by atoms with van der Waals surface area (Å²) >= 11 is 0. The Morgan fingerprint density at radius 3 is 1.09 bits per heavy atom. The van der Waals surface area contributed by atoms with Crippen LogP contribution in [0.2, 0.25) is 0 Å². The number of methoxy groups -OCH3 is 2. The molecule has 0 N–H and O–H groups in total. The fourth-order valence-corrected chi connectivity index (χ4v) is 5.98. The molecule has 0 spiro atoms. The van der Waals surface area contributed by atoms with Gasteiger partial charge in [-0.05, 0) is 35.4 Å². The Kier molecular flexibility index (Phi) is 7.26. The van der Waals surface area contributed by atoms with Gasteiger partial charge in [-0.3, -0.25) is 29.0 Å². The maximum atomic E-state index is 13.9. The van der Waals surface area contributed by atoms with Crippen molar-refractivity contribution in [3.63, 3.8) is 0 Å². The number of carbonyl (C=O) groups excluding carboxylic acids is 6. The lowest BCUT2D eigenvalue weighted by Gasteiger charge is -2.36. The van der Waals surface area contributed by atoms with Crippen LogP contribution in [0.5, 0.6) is 0 Å². The fraction of sp³-hybridized carbons (Fsp3) is 0.176. The van der Waals surface area contributed by atoms with Crippen molar-refractivity contribution in [2.75, 3.05) is 14.2 Å². The summed E-state index contributed by atoms with van der Waals surface area (Å²) in [6, 6.07) is 20.9. The molecule has 0 bridgehead atoms. The third kappa shape index (κ3) is 4.51. The van der Waals surface area contributed by atoms with Crippen molar-refractivity contribution >= 4 is 46.3 Å². The Bertz CT molecular complexity index is 1660. The minimum Gasteiger partial charge on any atom is -0.467 e. The molecule has 220 valence electrons. The summed E-state index contributed by atoms with van der Waals surface area (Å²) in [4.78, 5) is 83.3. The van der Waals surface area contributed by atoms with Gasteiger partial charge in [-0.1, -0.05) is 60.7 Å². The van der Waals surface area contributed by atoms with Crippen LogP contribution in [0.25, 0.3) is 10.8 Å². The van der Waals surface area contributed by atoms with E-state index in [2.05, 4.69) is 0 Å². The summed E-state index contributed by atoms with van der Waals surface area (Å²) in [5.74, 6) is -4.55. The van der Waals surface area contributed by atoms with E-state index in [1.54, 1.807) is 48.5 Å². The van der Waals surface area contributed by atoms with Gasteiger partial charge < -0.3 is 9.47 Å². The van der Waals surface area contributed by atoms with E-state index in [9.17, 15) is 28.8 Å². The molecule has 0 saturated heterocycles. The highest BCUT2D eigenvalue weighted by atomic mass is 16.5. The normalized spacial score (nSPS) is 15.3. The van der Waals surface area contributed by atoms with Crippen LogP contribution in [0.4, 0.5) is 0 Å². The number of amides is 4. The molecule has 0 fully saturated rings. The number of hydrogen-bond acceptors (Lipinski definition) is 8. The second-order valence-corrected chi connectivity index (χ2v) is 10.5. The van der Waals surface area contributed by atoms with E-state index in [1.165, 1.54) is 38.5 Å². The zero-order chi connectivity index (χ0) is 31.1. The zero-order valence-corrected chi connectivity index (χ0v) is 23.8.